The van der Waals surface area contributed by atoms with E-state index in [-0.39, 0.29) is 5.91 Å². The van der Waals surface area contributed by atoms with Gasteiger partial charge in [0.15, 0.2) is 0 Å². The van der Waals surface area contributed by atoms with Gasteiger partial charge in [-0.25, -0.2) is 0 Å². The second kappa shape index (κ2) is 5.46. The second-order valence-corrected chi connectivity index (χ2v) is 3.71. The molecular formula is C11H16N3O. The van der Waals surface area contributed by atoms with E-state index in [2.05, 4.69) is 11.2 Å². The minimum atomic E-state index is -0.00153. The van der Waals surface area contributed by atoms with Crippen molar-refractivity contribution in [3.8, 4) is 0 Å². The zero-order chi connectivity index (χ0) is 11.3. The van der Waals surface area contributed by atoms with Crippen molar-refractivity contribution in [3.63, 3.8) is 0 Å². The predicted octanol–water partition coefficient (Wildman–Crippen LogP) is 0.515. The van der Waals surface area contributed by atoms with Crippen LogP contribution in [0, 0.1) is 6.20 Å². The van der Waals surface area contributed by atoms with Crippen molar-refractivity contribution in [2.24, 2.45) is 0 Å². The van der Waals surface area contributed by atoms with Gasteiger partial charge >= 0.3 is 0 Å². The molecule has 0 unspecified atom stereocenters. The van der Waals surface area contributed by atoms with Crippen molar-refractivity contribution < 1.29 is 4.79 Å². The summed E-state index contributed by atoms with van der Waals surface area (Å²) in [6.07, 6.45) is 4.18. The quantitative estimate of drug-likeness (QED) is 0.720. The minimum Gasteiger partial charge on any atom is -0.340 e. The van der Waals surface area contributed by atoms with Crippen molar-refractivity contribution in [2.75, 3.05) is 34.2 Å². The molecular weight excluding hydrogens is 190 g/mol. The molecule has 0 N–H and O–H groups in total. The monoisotopic (exact) mass is 206 g/mol. The van der Waals surface area contributed by atoms with Gasteiger partial charge in [-0.1, -0.05) is 0 Å². The molecule has 0 atom stereocenters. The van der Waals surface area contributed by atoms with Crippen LogP contribution in [0.2, 0.25) is 0 Å². The van der Waals surface area contributed by atoms with Crippen LogP contribution in [0.5, 0.6) is 0 Å². The van der Waals surface area contributed by atoms with E-state index in [1.54, 1.807) is 24.1 Å². The van der Waals surface area contributed by atoms with Crippen LogP contribution in [-0.2, 0) is 0 Å². The van der Waals surface area contributed by atoms with E-state index in [0.717, 1.165) is 6.54 Å². The molecule has 0 bridgehead atoms. The number of pyridine rings is 1. The van der Waals surface area contributed by atoms with Gasteiger partial charge in [0.05, 0.1) is 11.8 Å². The number of amides is 1. The molecule has 4 nitrogen and oxygen atoms in total. The van der Waals surface area contributed by atoms with Crippen LogP contribution in [0.3, 0.4) is 0 Å². The Balaban J connectivity index is 2.54. The first-order chi connectivity index (χ1) is 7.11. The van der Waals surface area contributed by atoms with E-state index in [4.69, 9.17) is 0 Å². The first kappa shape index (κ1) is 11.7. The van der Waals surface area contributed by atoms with Gasteiger partial charge in [-0.2, -0.15) is 0 Å². The molecule has 0 saturated heterocycles. The van der Waals surface area contributed by atoms with E-state index in [1.807, 2.05) is 19.0 Å². The minimum absolute atomic E-state index is 0.00153. The van der Waals surface area contributed by atoms with Gasteiger partial charge in [-0.3, -0.25) is 9.78 Å². The molecule has 0 spiro atoms. The summed E-state index contributed by atoms with van der Waals surface area (Å²) < 4.78 is 0. The Hall–Kier alpha value is -1.42. The molecule has 1 rings (SSSR count). The van der Waals surface area contributed by atoms with Crippen molar-refractivity contribution >= 4 is 5.91 Å². The molecule has 0 saturated carbocycles. The van der Waals surface area contributed by atoms with Gasteiger partial charge in [-0.15, -0.1) is 0 Å². The lowest BCUT2D eigenvalue weighted by molar-refractivity contribution is 0.0786. The number of carbonyl (C=O) groups excluding carboxylic acids is 1. The van der Waals surface area contributed by atoms with Crippen molar-refractivity contribution in [1.29, 1.82) is 0 Å². The van der Waals surface area contributed by atoms with Crippen LogP contribution in [-0.4, -0.2) is 54.9 Å². The molecule has 4 heteroatoms. The molecule has 0 aliphatic heterocycles. The average molecular weight is 206 g/mol. The molecule has 0 aliphatic carbocycles. The second-order valence-electron chi connectivity index (χ2n) is 3.71. The number of rotatable bonds is 4. The third-order valence-electron chi connectivity index (χ3n) is 2.09. The highest BCUT2D eigenvalue weighted by molar-refractivity contribution is 5.93. The molecule has 1 radical (unpaired) electrons. The largest absolute Gasteiger partial charge is 0.340 e. The third kappa shape index (κ3) is 3.67. The fourth-order valence-corrected chi connectivity index (χ4v) is 1.12. The van der Waals surface area contributed by atoms with Crippen LogP contribution in [0.15, 0.2) is 18.3 Å². The van der Waals surface area contributed by atoms with Crippen molar-refractivity contribution in [3.05, 3.63) is 30.1 Å². The van der Waals surface area contributed by atoms with Gasteiger partial charge in [0, 0.05) is 26.3 Å². The molecule has 0 aliphatic rings. The molecule has 1 aromatic rings. The molecule has 1 aromatic heterocycles. The van der Waals surface area contributed by atoms with Gasteiger partial charge in [0.1, 0.15) is 0 Å². The molecule has 0 fully saturated rings. The standard InChI is InChI=1S/C11H16N3O/c1-13(2)7-8-14(3)11(15)10-5-4-6-12-9-10/h4-5,9H,7-8H2,1-3H3. The third-order valence-corrected chi connectivity index (χ3v) is 2.09. The number of likely N-dealkylation sites (N-methyl/N-ethyl adjacent to an activating group) is 2. The van der Waals surface area contributed by atoms with Crippen molar-refractivity contribution in [2.45, 2.75) is 0 Å². The van der Waals surface area contributed by atoms with Crippen LogP contribution in [0.4, 0.5) is 0 Å². The summed E-state index contributed by atoms with van der Waals surface area (Å²) >= 11 is 0. The highest BCUT2D eigenvalue weighted by atomic mass is 16.2. The van der Waals surface area contributed by atoms with Gasteiger partial charge in [0.25, 0.3) is 5.91 Å². The van der Waals surface area contributed by atoms with Crippen LogP contribution in [0.25, 0.3) is 0 Å². The maximum atomic E-state index is 11.8. The number of hydrogen-bond donors (Lipinski definition) is 0. The van der Waals surface area contributed by atoms with E-state index in [9.17, 15) is 4.79 Å². The lowest BCUT2D eigenvalue weighted by atomic mass is 10.2. The lowest BCUT2D eigenvalue weighted by Crippen LogP contribution is -2.33. The smallest absolute Gasteiger partial charge is 0.255 e. The molecule has 15 heavy (non-hydrogen) atoms. The molecule has 1 amide bonds. The highest BCUT2D eigenvalue weighted by Crippen LogP contribution is 2.00. The SMILES string of the molecule is CN(C)CCN(C)C(=O)c1cc[c]nc1. The Morgan fingerprint density at radius 1 is 1.40 bits per heavy atom. The summed E-state index contributed by atoms with van der Waals surface area (Å²) in [7, 11) is 5.76. The number of carbonyl (C=O) groups is 1. The predicted molar refractivity (Wildman–Crippen MR) is 58.6 cm³/mol. The summed E-state index contributed by atoms with van der Waals surface area (Å²) in [6, 6.07) is 3.37. The van der Waals surface area contributed by atoms with Crippen molar-refractivity contribution in [1.82, 2.24) is 14.8 Å². The van der Waals surface area contributed by atoms with E-state index in [1.165, 1.54) is 6.20 Å². The highest BCUT2D eigenvalue weighted by Gasteiger charge is 2.10. The Morgan fingerprint density at radius 2 is 2.13 bits per heavy atom. The number of hydrogen-bond acceptors (Lipinski definition) is 3. The Labute approximate surface area is 90.5 Å². The maximum absolute atomic E-state index is 11.8. The van der Waals surface area contributed by atoms with E-state index < -0.39 is 0 Å². The van der Waals surface area contributed by atoms with E-state index in [0.29, 0.717) is 12.1 Å². The number of aromatic nitrogens is 1. The summed E-state index contributed by atoms with van der Waals surface area (Å²) in [5.74, 6) is -0.00153. The lowest BCUT2D eigenvalue weighted by Gasteiger charge is -2.19. The maximum Gasteiger partial charge on any atom is 0.255 e. The zero-order valence-electron chi connectivity index (χ0n) is 9.40. The Bertz CT molecular complexity index is 311. The first-order valence-corrected chi connectivity index (χ1v) is 4.83. The fourth-order valence-electron chi connectivity index (χ4n) is 1.12. The topological polar surface area (TPSA) is 36.4 Å². The molecule has 81 valence electrons. The summed E-state index contributed by atoms with van der Waals surface area (Å²) in [5, 5.41) is 0. The summed E-state index contributed by atoms with van der Waals surface area (Å²) in [6.45, 7) is 1.57. The van der Waals surface area contributed by atoms with Crippen LogP contribution < -0.4 is 0 Å². The average Bonchev–Trinajstić information content (AvgIpc) is 2.26. The molecule has 0 aromatic carbocycles. The van der Waals surface area contributed by atoms with Gasteiger partial charge in [-0.05, 0) is 26.2 Å². The fraction of sp³-hybridized carbons (Fsp3) is 0.455. The van der Waals surface area contributed by atoms with E-state index >= 15 is 0 Å². The Kier molecular flexibility index (Phi) is 4.24. The first-order valence-electron chi connectivity index (χ1n) is 4.83. The van der Waals surface area contributed by atoms with Crippen LogP contribution >= 0.6 is 0 Å². The normalized spacial score (nSPS) is 10.4. The Morgan fingerprint density at radius 3 is 2.67 bits per heavy atom. The van der Waals surface area contributed by atoms with Gasteiger partial charge < -0.3 is 9.80 Å². The summed E-state index contributed by atoms with van der Waals surface area (Å²) in [5.41, 5.74) is 0.606. The number of nitrogens with zero attached hydrogens (tertiary/aromatic N) is 3. The van der Waals surface area contributed by atoms with Gasteiger partial charge in [0.2, 0.25) is 0 Å². The van der Waals surface area contributed by atoms with Crippen LogP contribution in [0.1, 0.15) is 10.4 Å². The molecule has 1 heterocycles. The summed E-state index contributed by atoms with van der Waals surface area (Å²) in [4.78, 5) is 19.3. The zero-order valence-corrected chi connectivity index (χ0v) is 9.40.